The van der Waals surface area contributed by atoms with Gasteiger partial charge in [0, 0.05) is 13.5 Å². The highest BCUT2D eigenvalue weighted by Gasteiger charge is 2.37. The Morgan fingerprint density at radius 3 is 2.12 bits per heavy atom. The van der Waals surface area contributed by atoms with E-state index in [2.05, 4.69) is 16.0 Å². The highest BCUT2D eigenvalue weighted by molar-refractivity contribution is 5.95. The van der Waals surface area contributed by atoms with Crippen molar-refractivity contribution in [2.24, 2.45) is 5.73 Å². The third-order valence-electron chi connectivity index (χ3n) is 4.17. The van der Waals surface area contributed by atoms with Crippen molar-refractivity contribution in [1.29, 1.82) is 0 Å². The van der Waals surface area contributed by atoms with Gasteiger partial charge in [-0.3, -0.25) is 24.0 Å². The molecule has 146 valence electrons. The minimum Gasteiger partial charge on any atom is -0.368 e. The van der Waals surface area contributed by atoms with Crippen LogP contribution in [0.25, 0.3) is 0 Å². The zero-order chi connectivity index (χ0) is 20.0. The summed E-state index contributed by atoms with van der Waals surface area (Å²) in [6.45, 7) is 6.18. The van der Waals surface area contributed by atoms with Crippen molar-refractivity contribution in [1.82, 2.24) is 20.9 Å². The van der Waals surface area contributed by atoms with E-state index in [4.69, 9.17) is 5.73 Å². The number of rotatable bonds is 7. The fourth-order valence-electron chi connectivity index (χ4n) is 2.70. The molecule has 1 aliphatic rings. The summed E-state index contributed by atoms with van der Waals surface area (Å²) in [5.41, 5.74) is 5.08. The van der Waals surface area contributed by atoms with Gasteiger partial charge in [-0.1, -0.05) is 0 Å². The van der Waals surface area contributed by atoms with Crippen LogP contribution in [0, 0.1) is 0 Å². The average molecular weight is 369 g/mol. The third-order valence-corrected chi connectivity index (χ3v) is 4.17. The number of amides is 5. The normalized spacial score (nSPS) is 19.8. The van der Waals surface area contributed by atoms with Crippen LogP contribution in [-0.2, 0) is 24.0 Å². The molecule has 5 amide bonds. The van der Waals surface area contributed by atoms with Crippen LogP contribution in [0.1, 0.15) is 40.5 Å². The largest absolute Gasteiger partial charge is 0.368 e. The van der Waals surface area contributed by atoms with Crippen LogP contribution in [-0.4, -0.2) is 65.1 Å². The van der Waals surface area contributed by atoms with Gasteiger partial charge in [-0.15, -0.1) is 0 Å². The maximum atomic E-state index is 12.5. The summed E-state index contributed by atoms with van der Waals surface area (Å²) < 4.78 is 0. The van der Waals surface area contributed by atoms with Crippen molar-refractivity contribution in [3.05, 3.63) is 0 Å². The van der Waals surface area contributed by atoms with E-state index >= 15 is 0 Å². The molecule has 0 bridgehead atoms. The molecule has 1 rings (SSSR count). The molecule has 0 spiro atoms. The number of hydrogen-bond donors (Lipinski definition) is 4. The first-order valence-electron chi connectivity index (χ1n) is 8.52. The molecule has 1 heterocycles. The zero-order valence-corrected chi connectivity index (χ0v) is 15.5. The molecular formula is C16H27N5O5. The van der Waals surface area contributed by atoms with E-state index in [1.807, 2.05) is 0 Å². The Morgan fingerprint density at radius 1 is 0.962 bits per heavy atom. The summed E-state index contributed by atoms with van der Waals surface area (Å²) in [5.74, 6) is -2.37. The van der Waals surface area contributed by atoms with Crippen molar-refractivity contribution in [2.45, 2.75) is 64.7 Å². The average Bonchev–Trinajstić information content (AvgIpc) is 3.02. The first kappa shape index (κ1) is 21.4. The summed E-state index contributed by atoms with van der Waals surface area (Å²) in [5, 5.41) is 7.44. The fourth-order valence-corrected chi connectivity index (χ4v) is 2.70. The summed E-state index contributed by atoms with van der Waals surface area (Å²) in [6.07, 6.45) is 1.12. The number of primary amides is 1. The standard InChI is InChI=1S/C16H27N5O5/c1-8(13(17)23)19-14(24)9(2)20-15(25)12-6-5-7-21(12)16(26)10(3)18-11(4)22/h8-10,12H,5-7H2,1-4H3,(H2,17,23)(H,18,22)(H,19,24)(H,20,25)/t8-,9-,10-,12-/m0/s1. The van der Waals surface area contributed by atoms with Crippen LogP contribution in [0.5, 0.6) is 0 Å². The Hall–Kier alpha value is -2.65. The SMILES string of the molecule is CC(=O)N[C@@H](C)C(=O)N1CCC[C@H]1C(=O)N[C@@H](C)C(=O)N[C@@H](C)C(N)=O. The van der Waals surface area contributed by atoms with Crippen molar-refractivity contribution in [3.63, 3.8) is 0 Å². The first-order valence-corrected chi connectivity index (χ1v) is 8.52. The Morgan fingerprint density at radius 2 is 1.58 bits per heavy atom. The van der Waals surface area contributed by atoms with Crippen LogP contribution in [0.3, 0.4) is 0 Å². The lowest BCUT2D eigenvalue weighted by Crippen LogP contribution is -2.56. The molecule has 10 nitrogen and oxygen atoms in total. The second-order valence-corrected chi connectivity index (χ2v) is 6.47. The second-order valence-electron chi connectivity index (χ2n) is 6.47. The number of carbonyl (C=O) groups is 5. The van der Waals surface area contributed by atoms with Crippen LogP contribution >= 0.6 is 0 Å². The van der Waals surface area contributed by atoms with Gasteiger partial charge < -0.3 is 26.6 Å². The van der Waals surface area contributed by atoms with Crippen molar-refractivity contribution < 1.29 is 24.0 Å². The summed E-state index contributed by atoms with van der Waals surface area (Å²) in [4.78, 5) is 60.4. The number of nitrogens with zero attached hydrogens (tertiary/aromatic N) is 1. The summed E-state index contributed by atoms with van der Waals surface area (Å²) in [7, 11) is 0. The van der Waals surface area contributed by atoms with Gasteiger partial charge in [-0.2, -0.15) is 0 Å². The molecule has 10 heteroatoms. The van der Waals surface area contributed by atoms with E-state index in [-0.39, 0.29) is 11.8 Å². The van der Waals surface area contributed by atoms with Gasteiger partial charge in [0.25, 0.3) is 0 Å². The number of carbonyl (C=O) groups excluding carboxylic acids is 5. The van der Waals surface area contributed by atoms with Gasteiger partial charge in [-0.05, 0) is 33.6 Å². The highest BCUT2D eigenvalue weighted by atomic mass is 16.2. The topological polar surface area (TPSA) is 151 Å². The van der Waals surface area contributed by atoms with E-state index in [0.29, 0.717) is 19.4 Å². The van der Waals surface area contributed by atoms with Gasteiger partial charge >= 0.3 is 0 Å². The Balaban J connectivity index is 2.67. The maximum Gasteiger partial charge on any atom is 0.245 e. The summed E-state index contributed by atoms with van der Waals surface area (Å²) >= 11 is 0. The molecule has 4 atom stereocenters. The Bertz CT molecular complexity index is 594. The van der Waals surface area contributed by atoms with E-state index in [1.165, 1.54) is 25.7 Å². The van der Waals surface area contributed by atoms with Crippen molar-refractivity contribution in [2.75, 3.05) is 6.54 Å². The van der Waals surface area contributed by atoms with Gasteiger partial charge in [0.2, 0.25) is 29.5 Å². The molecule has 0 aromatic rings. The van der Waals surface area contributed by atoms with Gasteiger partial charge in [-0.25, -0.2) is 0 Å². The lowest BCUT2D eigenvalue weighted by molar-refractivity contribution is -0.141. The van der Waals surface area contributed by atoms with Crippen LogP contribution in [0.4, 0.5) is 0 Å². The minimum atomic E-state index is -0.894. The maximum absolute atomic E-state index is 12.5. The molecule has 1 fully saturated rings. The van der Waals surface area contributed by atoms with Gasteiger partial charge in [0.1, 0.15) is 24.2 Å². The monoisotopic (exact) mass is 369 g/mol. The highest BCUT2D eigenvalue weighted by Crippen LogP contribution is 2.18. The molecule has 0 radical (unpaired) electrons. The van der Waals surface area contributed by atoms with E-state index in [1.54, 1.807) is 6.92 Å². The zero-order valence-electron chi connectivity index (χ0n) is 15.5. The molecular weight excluding hydrogens is 342 g/mol. The van der Waals surface area contributed by atoms with Gasteiger partial charge in [0.05, 0.1) is 0 Å². The predicted octanol–water partition coefficient (Wildman–Crippen LogP) is -2.00. The van der Waals surface area contributed by atoms with Crippen molar-refractivity contribution >= 4 is 29.5 Å². The minimum absolute atomic E-state index is 0.333. The number of nitrogens with one attached hydrogen (secondary N) is 3. The first-order chi connectivity index (χ1) is 12.0. The molecule has 5 N–H and O–H groups in total. The second kappa shape index (κ2) is 9.16. The Kier molecular flexibility index (Phi) is 7.54. The molecule has 0 saturated carbocycles. The molecule has 0 aromatic heterocycles. The lowest BCUT2D eigenvalue weighted by Gasteiger charge is -2.28. The lowest BCUT2D eigenvalue weighted by atomic mass is 10.1. The number of likely N-dealkylation sites (tertiary alicyclic amines) is 1. The number of nitrogens with two attached hydrogens (primary N) is 1. The van der Waals surface area contributed by atoms with Crippen molar-refractivity contribution in [3.8, 4) is 0 Å². The molecule has 0 aliphatic carbocycles. The van der Waals surface area contributed by atoms with Crippen LogP contribution < -0.4 is 21.7 Å². The van der Waals surface area contributed by atoms with Crippen LogP contribution in [0.2, 0.25) is 0 Å². The molecule has 26 heavy (non-hydrogen) atoms. The number of hydrogen-bond acceptors (Lipinski definition) is 5. The molecule has 0 aromatic carbocycles. The molecule has 0 unspecified atom stereocenters. The van der Waals surface area contributed by atoms with E-state index < -0.39 is 41.9 Å². The summed E-state index contributed by atoms with van der Waals surface area (Å²) in [6, 6.07) is -3.19. The fraction of sp³-hybridized carbons (Fsp3) is 0.688. The molecule has 1 saturated heterocycles. The Labute approximate surface area is 152 Å². The smallest absolute Gasteiger partial charge is 0.245 e. The molecule has 1 aliphatic heterocycles. The van der Waals surface area contributed by atoms with E-state index in [0.717, 1.165) is 0 Å². The van der Waals surface area contributed by atoms with Gasteiger partial charge in [0.15, 0.2) is 0 Å². The van der Waals surface area contributed by atoms with Crippen LogP contribution in [0.15, 0.2) is 0 Å². The quantitative estimate of drug-likeness (QED) is 0.409. The predicted molar refractivity (Wildman–Crippen MR) is 92.4 cm³/mol. The van der Waals surface area contributed by atoms with E-state index in [9.17, 15) is 24.0 Å². The third kappa shape index (κ3) is 5.71.